The second-order valence-electron chi connectivity index (χ2n) is 12.4. The van der Waals surface area contributed by atoms with E-state index in [1.165, 1.54) is 6.42 Å². The monoisotopic (exact) mass is 555 g/mol. The van der Waals surface area contributed by atoms with E-state index in [0.717, 1.165) is 77.5 Å². The van der Waals surface area contributed by atoms with Crippen LogP contribution in [0.15, 0.2) is 53.6 Å². The van der Waals surface area contributed by atoms with Crippen molar-refractivity contribution in [1.29, 1.82) is 0 Å². The van der Waals surface area contributed by atoms with Crippen molar-refractivity contribution in [1.82, 2.24) is 4.90 Å². The molecule has 1 saturated carbocycles. The van der Waals surface area contributed by atoms with Crippen molar-refractivity contribution in [2.24, 2.45) is 17.8 Å². The van der Waals surface area contributed by atoms with E-state index >= 15 is 0 Å². The third-order valence-electron chi connectivity index (χ3n) is 9.85. The number of carbonyl (C=O) groups is 2. The smallest absolute Gasteiger partial charge is 0.234 e. The number of aromatic hydroxyl groups is 1. The summed E-state index contributed by atoms with van der Waals surface area (Å²) in [5.41, 5.74) is 6.97. The molecule has 2 aromatic rings. The molecule has 0 unspecified atom stereocenters. The molecule has 3 fully saturated rings. The molecule has 4 atom stereocenters. The highest BCUT2D eigenvalue weighted by molar-refractivity contribution is 6.06. The molecule has 6 nitrogen and oxygen atoms in total. The van der Waals surface area contributed by atoms with Crippen LogP contribution in [0.2, 0.25) is 0 Å². The quantitative estimate of drug-likeness (QED) is 0.250. The Bertz CT molecular complexity index is 1360. The second-order valence-corrected chi connectivity index (χ2v) is 12.4. The van der Waals surface area contributed by atoms with Gasteiger partial charge in [0.05, 0.1) is 31.2 Å². The highest BCUT2D eigenvalue weighted by Gasteiger charge is 2.58. The molecule has 2 saturated heterocycles. The average Bonchev–Trinajstić information content (AvgIpc) is 3.52. The molecule has 0 spiro atoms. The van der Waals surface area contributed by atoms with Crippen LogP contribution in [0, 0.1) is 31.6 Å². The minimum Gasteiger partial charge on any atom is -0.507 e. The number of phenols is 1. The summed E-state index contributed by atoms with van der Waals surface area (Å²) in [6, 6.07) is 14.3. The minimum absolute atomic E-state index is 0.0152. The fourth-order valence-electron chi connectivity index (χ4n) is 7.86. The van der Waals surface area contributed by atoms with Gasteiger partial charge in [-0.05, 0) is 97.1 Å². The summed E-state index contributed by atoms with van der Waals surface area (Å²) in [5.74, 6) is -0.602. The van der Waals surface area contributed by atoms with Crippen molar-refractivity contribution in [3.05, 3.63) is 75.9 Å². The number of allylic oxidation sites excluding steroid dienone is 1. The summed E-state index contributed by atoms with van der Waals surface area (Å²) in [5, 5.41) is 20.7. The molecule has 2 N–H and O–H groups in total. The molecular formula is C35H41NO5. The van der Waals surface area contributed by atoms with Gasteiger partial charge in [0.25, 0.3) is 0 Å². The van der Waals surface area contributed by atoms with Crippen LogP contribution in [0.25, 0.3) is 11.6 Å². The van der Waals surface area contributed by atoms with Gasteiger partial charge in [0.2, 0.25) is 11.8 Å². The van der Waals surface area contributed by atoms with Crippen LogP contribution >= 0.6 is 0 Å². The Hall–Kier alpha value is -3.22. The number of imide groups is 1. The molecular weight excluding hydrogens is 514 g/mol. The maximum atomic E-state index is 13.8. The molecule has 6 rings (SSSR count). The summed E-state index contributed by atoms with van der Waals surface area (Å²) < 4.78 is 6.38. The average molecular weight is 556 g/mol. The van der Waals surface area contributed by atoms with E-state index in [0.29, 0.717) is 18.8 Å². The Morgan fingerprint density at radius 3 is 2.39 bits per heavy atom. The molecule has 2 aliphatic heterocycles. The lowest BCUT2D eigenvalue weighted by atomic mass is 9.69. The molecule has 0 radical (unpaired) electrons. The number of ether oxygens (including phenoxy) is 1. The zero-order valence-corrected chi connectivity index (χ0v) is 24.1. The van der Waals surface area contributed by atoms with Crippen LogP contribution in [0.3, 0.4) is 0 Å². The maximum Gasteiger partial charge on any atom is 0.234 e. The van der Waals surface area contributed by atoms with Gasteiger partial charge in [0, 0.05) is 12.0 Å². The molecule has 216 valence electrons. The van der Waals surface area contributed by atoms with Crippen LogP contribution < -0.4 is 0 Å². The van der Waals surface area contributed by atoms with Crippen molar-refractivity contribution < 1.29 is 24.5 Å². The number of aliphatic hydroxyl groups is 1. The predicted molar refractivity (Wildman–Crippen MR) is 159 cm³/mol. The first-order valence-electron chi connectivity index (χ1n) is 15.2. The SMILES string of the molecule is Cc1cc(/C=C(/CC[C@H]2OC[C@H]3C2=C(CO)C[C@H]2C(=O)N(C4CCCCC4)C(=O)[C@H]23)c2ccccc2)cc(C)c1O. The van der Waals surface area contributed by atoms with E-state index in [4.69, 9.17) is 4.74 Å². The Balaban J connectivity index is 1.26. The Kier molecular flexibility index (Phi) is 7.88. The second kappa shape index (κ2) is 11.6. The van der Waals surface area contributed by atoms with E-state index < -0.39 is 0 Å². The molecule has 41 heavy (non-hydrogen) atoms. The van der Waals surface area contributed by atoms with Crippen molar-refractivity contribution in [3.63, 3.8) is 0 Å². The van der Waals surface area contributed by atoms with E-state index in [9.17, 15) is 19.8 Å². The molecule has 4 aliphatic rings. The molecule has 6 heteroatoms. The number of hydrogen-bond acceptors (Lipinski definition) is 5. The molecule has 2 heterocycles. The summed E-state index contributed by atoms with van der Waals surface area (Å²) in [6.45, 7) is 4.15. The van der Waals surface area contributed by atoms with E-state index in [1.54, 1.807) is 4.90 Å². The number of aryl methyl sites for hydroxylation is 2. The highest BCUT2D eigenvalue weighted by Crippen LogP contribution is 2.51. The molecule has 2 amide bonds. The third kappa shape index (κ3) is 5.17. The lowest BCUT2D eigenvalue weighted by molar-refractivity contribution is -0.143. The first-order valence-corrected chi connectivity index (χ1v) is 15.2. The van der Waals surface area contributed by atoms with Crippen LogP contribution in [-0.2, 0) is 14.3 Å². The topological polar surface area (TPSA) is 87.1 Å². The molecule has 2 aromatic carbocycles. The molecule has 0 aromatic heterocycles. The Morgan fingerprint density at radius 2 is 1.71 bits per heavy atom. The van der Waals surface area contributed by atoms with Gasteiger partial charge < -0.3 is 14.9 Å². The summed E-state index contributed by atoms with van der Waals surface area (Å²) in [6.07, 6.45) is 9.03. The summed E-state index contributed by atoms with van der Waals surface area (Å²) in [7, 11) is 0. The number of hydrogen-bond donors (Lipinski definition) is 2. The number of fused-ring (bicyclic) bond motifs is 3. The van der Waals surface area contributed by atoms with Gasteiger partial charge in [-0.1, -0.05) is 55.7 Å². The standard InChI is InChI=1S/C35H41NO5/c1-21-15-23(16-22(2)33(21)38)17-25(24-9-5-3-6-10-24)13-14-30-31-26(19-37)18-28-32(29(31)20-41-30)35(40)36(34(28)39)27-11-7-4-8-12-27/h3,5-6,9-10,15-17,27-30,32,37-38H,4,7-8,11-14,18-20H2,1-2H3/b25-17-/t28-,29+,30-,32-/m1/s1. The Morgan fingerprint density at radius 1 is 1.00 bits per heavy atom. The summed E-state index contributed by atoms with van der Waals surface area (Å²) in [4.78, 5) is 28.9. The fourth-order valence-corrected chi connectivity index (χ4v) is 7.86. The molecule has 2 aliphatic carbocycles. The number of phenolic OH excluding ortho intramolecular Hbond substituents is 1. The number of nitrogens with zero attached hydrogens (tertiary/aromatic N) is 1. The minimum atomic E-state index is -0.372. The molecule has 0 bridgehead atoms. The first-order chi connectivity index (χ1) is 19.9. The number of carbonyl (C=O) groups excluding carboxylic acids is 2. The van der Waals surface area contributed by atoms with Crippen LogP contribution in [0.5, 0.6) is 5.75 Å². The maximum absolute atomic E-state index is 13.8. The van der Waals surface area contributed by atoms with Crippen molar-refractivity contribution >= 4 is 23.5 Å². The number of aliphatic hydroxyl groups excluding tert-OH is 1. The normalized spacial score (nSPS) is 27.0. The lowest BCUT2D eigenvalue weighted by Crippen LogP contribution is -2.42. The first kappa shape index (κ1) is 27.9. The lowest BCUT2D eigenvalue weighted by Gasteiger charge is -2.31. The number of benzene rings is 2. The fraction of sp³-hybridized carbons (Fsp3) is 0.486. The van der Waals surface area contributed by atoms with Crippen LogP contribution in [0.1, 0.15) is 73.6 Å². The van der Waals surface area contributed by atoms with Gasteiger partial charge in [-0.2, -0.15) is 0 Å². The summed E-state index contributed by atoms with van der Waals surface area (Å²) >= 11 is 0. The van der Waals surface area contributed by atoms with Gasteiger partial charge >= 0.3 is 0 Å². The van der Waals surface area contributed by atoms with E-state index in [-0.39, 0.29) is 48.3 Å². The number of likely N-dealkylation sites (tertiary alicyclic amines) is 1. The van der Waals surface area contributed by atoms with Crippen molar-refractivity contribution in [3.8, 4) is 5.75 Å². The van der Waals surface area contributed by atoms with Crippen molar-refractivity contribution in [2.45, 2.75) is 77.4 Å². The van der Waals surface area contributed by atoms with Gasteiger partial charge in [0.15, 0.2) is 0 Å². The van der Waals surface area contributed by atoms with Crippen LogP contribution in [-0.4, -0.2) is 52.3 Å². The van der Waals surface area contributed by atoms with Gasteiger partial charge in [-0.25, -0.2) is 0 Å². The van der Waals surface area contributed by atoms with E-state index in [1.807, 2.05) is 44.2 Å². The third-order valence-corrected chi connectivity index (χ3v) is 9.85. The zero-order valence-electron chi connectivity index (χ0n) is 24.1. The van der Waals surface area contributed by atoms with E-state index in [2.05, 4.69) is 18.2 Å². The Labute approximate surface area is 242 Å². The number of rotatable bonds is 7. The van der Waals surface area contributed by atoms with Gasteiger partial charge in [-0.3, -0.25) is 14.5 Å². The van der Waals surface area contributed by atoms with Gasteiger partial charge in [-0.15, -0.1) is 0 Å². The number of amides is 2. The predicted octanol–water partition coefficient (Wildman–Crippen LogP) is 5.97. The van der Waals surface area contributed by atoms with Gasteiger partial charge in [0.1, 0.15) is 5.75 Å². The van der Waals surface area contributed by atoms with Crippen molar-refractivity contribution in [2.75, 3.05) is 13.2 Å². The zero-order chi connectivity index (χ0) is 28.7. The van der Waals surface area contributed by atoms with Crippen LogP contribution in [0.4, 0.5) is 0 Å². The highest BCUT2D eigenvalue weighted by atomic mass is 16.5. The largest absolute Gasteiger partial charge is 0.507 e.